The highest BCUT2D eigenvalue weighted by molar-refractivity contribution is 5.78. The number of hydrogen-bond donors (Lipinski definition) is 1. The van der Waals surface area contributed by atoms with Crippen LogP contribution in [-0.4, -0.2) is 50.5 Å². The van der Waals surface area contributed by atoms with Crippen LogP contribution in [0, 0.1) is 5.41 Å². The van der Waals surface area contributed by atoms with Crippen molar-refractivity contribution in [2.75, 3.05) is 13.1 Å². The zero-order valence-corrected chi connectivity index (χ0v) is 14.2. The van der Waals surface area contributed by atoms with Crippen molar-refractivity contribution >= 4 is 12.1 Å². The van der Waals surface area contributed by atoms with E-state index in [1.54, 1.807) is 31.6 Å². The molecule has 1 atom stereocenters. The van der Waals surface area contributed by atoms with E-state index in [4.69, 9.17) is 4.74 Å². The third-order valence-corrected chi connectivity index (χ3v) is 4.11. The number of carboxylic acids is 1. The van der Waals surface area contributed by atoms with Crippen LogP contribution >= 0.6 is 0 Å². The predicted molar refractivity (Wildman–Crippen MR) is 84.0 cm³/mol. The van der Waals surface area contributed by atoms with Crippen LogP contribution in [-0.2, 0) is 23.0 Å². The molecule has 1 aliphatic rings. The van der Waals surface area contributed by atoms with Gasteiger partial charge in [0.15, 0.2) is 0 Å². The zero-order chi connectivity index (χ0) is 17.3. The Labute approximate surface area is 136 Å². The summed E-state index contributed by atoms with van der Waals surface area (Å²) < 4.78 is 7.04. The fraction of sp³-hybridized carbons (Fsp3) is 0.688. The van der Waals surface area contributed by atoms with Gasteiger partial charge in [-0.2, -0.15) is 5.10 Å². The first-order valence-electron chi connectivity index (χ1n) is 7.80. The number of aryl methyl sites for hydroxylation is 2. The maximum Gasteiger partial charge on any atom is 0.410 e. The van der Waals surface area contributed by atoms with Crippen molar-refractivity contribution in [3.05, 3.63) is 18.0 Å². The molecule has 2 rings (SSSR count). The third-order valence-electron chi connectivity index (χ3n) is 4.11. The van der Waals surface area contributed by atoms with Gasteiger partial charge in [-0.15, -0.1) is 0 Å². The van der Waals surface area contributed by atoms with E-state index in [1.165, 1.54) is 4.90 Å². The largest absolute Gasteiger partial charge is 0.481 e. The normalized spacial score (nSPS) is 21.5. The monoisotopic (exact) mass is 323 g/mol. The number of carboxylic acid groups (broad SMARTS) is 1. The first-order valence-corrected chi connectivity index (χ1v) is 7.80. The van der Waals surface area contributed by atoms with E-state index in [9.17, 15) is 14.7 Å². The Morgan fingerprint density at radius 2 is 2.13 bits per heavy atom. The number of likely N-dealkylation sites (tertiary alicyclic amines) is 1. The second kappa shape index (κ2) is 6.22. The molecular weight excluding hydrogens is 298 g/mol. The number of aliphatic carboxylic acids is 1. The highest BCUT2D eigenvalue weighted by Gasteiger charge is 2.46. The number of hydrogen-bond acceptors (Lipinski definition) is 4. The van der Waals surface area contributed by atoms with Crippen LogP contribution in [0.1, 0.15) is 39.2 Å². The Kier molecular flexibility index (Phi) is 4.68. The van der Waals surface area contributed by atoms with Crippen LogP contribution in [0.25, 0.3) is 0 Å². The number of carbonyl (C=O) groups is 2. The molecule has 1 aromatic rings. The summed E-state index contributed by atoms with van der Waals surface area (Å²) in [4.78, 5) is 25.5. The molecule has 0 radical (unpaired) electrons. The van der Waals surface area contributed by atoms with E-state index in [-0.39, 0.29) is 6.54 Å². The van der Waals surface area contributed by atoms with Crippen LogP contribution in [0.2, 0.25) is 0 Å². The summed E-state index contributed by atoms with van der Waals surface area (Å²) >= 11 is 0. The smallest absolute Gasteiger partial charge is 0.410 e. The van der Waals surface area contributed by atoms with Gasteiger partial charge in [0, 0.05) is 26.3 Å². The van der Waals surface area contributed by atoms with Crippen LogP contribution < -0.4 is 0 Å². The Morgan fingerprint density at radius 3 is 2.65 bits per heavy atom. The minimum atomic E-state index is -0.910. The lowest BCUT2D eigenvalue weighted by Gasteiger charge is -2.27. The number of amides is 1. The summed E-state index contributed by atoms with van der Waals surface area (Å²) in [7, 11) is 1.83. The van der Waals surface area contributed by atoms with Gasteiger partial charge in [-0.05, 0) is 45.6 Å². The number of aromatic nitrogens is 2. The van der Waals surface area contributed by atoms with Gasteiger partial charge in [-0.25, -0.2) is 4.79 Å². The highest BCUT2D eigenvalue weighted by atomic mass is 16.6. The SMILES string of the molecule is Cn1cc(CCC2(C(=O)O)CCN(C(=O)OC(C)(C)C)C2)cn1. The molecule has 0 bridgehead atoms. The third kappa shape index (κ3) is 4.24. The second-order valence-corrected chi connectivity index (χ2v) is 7.26. The van der Waals surface area contributed by atoms with Crippen molar-refractivity contribution in [3.8, 4) is 0 Å². The maximum absolute atomic E-state index is 12.1. The van der Waals surface area contributed by atoms with Gasteiger partial charge in [0.2, 0.25) is 0 Å². The lowest BCUT2D eigenvalue weighted by atomic mass is 9.81. The fourth-order valence-corrected chi connectivity index (χ4v) is 2.82. The summed E-state index contributed by atoms with van der Waals surface area (Å²) in [5.41, 5.74) is -0.488. The zero-order valence-electron chi connectivity index (χ0n) is 14.2. The number of ether oxygens (including phenoxy) is 1. The molecule has 1 aromatic heterocycles. The van der Waals surface area contributed by atoms with Crippen molar-refractivity contribution in [2.24, 2.45) is 12.5 Å². The fourth-order valence-electron chi connectivity index (χ4n) is 2.82. The summed E-state index contributed by atoms with van der Waals surface area (Å²) in [6, 6.07) is 0. The standard InChI is InChI=1S/C16H25N3O4/c1-15(2,3)23-14(22)19-8-7-16(11-19,13(20)21)6-5-12-9-17-18(4)10-12/h9-10H,5-8,11H2,1-4H3,(H,20,21). The van der Waals surface area contributed by atoms with Crippen molar-refractivity contribution in [1.82, 2.24) is 14.7 Å². The predicted octanol–water partition coefficient (Wildman–Crippen LogP) is 2.06. The Hall–Kier alpha value is -2.05. The molecule has 0 spiro atoms. The quantitative estimate of drug-likeness (QED) is 0.917. The molecule has 1 saturated heterocycles. The van der Waals surface area contributed by atoms with Gasteiger partial charge in [0.1, 0.15) is 5.60 Å². The van der Waals surface area contributed by atoms with Gasteiger partial charge in [0.25, 0.3) is 0 Å². The number of rotatable bonds is 4. The molecule has 1 unspecified atom stereocenters. The molecule has 1 fully saturated rings. The van der Waals surface area contributed by atoms with E-state index < -0.39 is 23.1 Å². The summed E-state index contributed by atoms with van der Waals surface area (Å²) in [5.74, 6) is -0.854. The number of carbonyl (C=O) groups excluding carboxylic acids is 1. The first-order chi connectivity index (χ1) is 10.6. The van der Waals surface area contributed by atoms with Gasteiger partial charge in [-0.3, -0.25) is 9.48 Å². The molecule has 0 aromatic carbocycles. The molecule has 7 heteroatoms. The molecule has 0 saturated carbocycles. The second-order valence-electron chi connectivity index (χ2n) is 7.26. The first kappa shape index (κ1) is 17.3. The maximum atomic E-state index is 12.1. The Balaban J connectivity index is 2.02. The molecule has 1 amide bonds. The van der Waals surface area contributed by atoms with Crippen molar-refractivity contribution in [2.45, 2.75) is 45.6 Å². The van der Waals surface area contributed by atoms with Gasteiger partial charge >= 0.3 is 12.1 Å². The lowest BCUT2D eigenvalue weighted by molar-refractivity contribution is -0.148. The summed E-state index contributed by atoms with van der Waals surface area (Å²) in [5, 5.41) is 13.8. The molecule has 23 heavy (non-hydrogen) atoms. The van der Waals surface area contributed by atoms with Crippen LogP contribution in [0.3, 0.4) is 0 Å². The van der Waals surface area contributed by atoms with E-state index in [0.29, 0.717) is 25.8 Å². The lowest BCUT2D eigenvalue weighted by Crippen LogP contribution is -2.39. The van der Waals surface area contributed by atoms with Crippen molar-refractivity contribution < 1.29 is 19.4 Å². The van der Waals surface area contributed by atoms with Gasteiger partial charge in [0.05, 0.1) is 11.6 Å². The Morgan fingerprint density at radius 1 is 1.43 bits per heavy atom. The minimum absolute atomic E-state index is 0.192. The average Bonchev–Trinajstić information content (AvgIpc) is 3.01. The van der Waals surface area contributed by atoms with Crippen LogP contribution in [0.4, 0.5) is 4.79 Å². The number of nitrogens with zero attached hydrogens (tertiary/aromatic N) is 3. The van der Waals surface area contributed by atoms with E-state index in [2.05, 4.69) is 5.10 Å². The average molecular weight is 323 g/mol. The van der Waals surface area contributed by atoms with Crippen molar-refractivity contribution in [3.63, 3.8) is 0 Å². The Bertz CT molecular complexity index is 590. The summed E-state index contributed by atoms with van der Waals surface area (Å²) in [6.45, 7) is 6.00. The van der Waals surface area contributed by atoms with Gasteiger partial charge < -0.3 is 14.7 Å². The minimum Gasteiger partial charge on any atom is -0.481 e. The summed E-state index contributed by atoms with van der Waals surface area (Å²) in [6.07, 6.45) is 4.74. The molecule has 0 aliphatic carbocycles. The molecule has 1 N–H and O–H groups in total. The molecule has 2 heterocycles. The van der Waals surface area contributed by atoms with E-state index in [0.717, 1.165) is 5.56 Å². The molecular formula is C16H25N3O4. The van der Waals surface area contributed by atoms with Crippen molar-refractivity contribution in [1.29, 1.82) is 0 Å². The molecule has 1 aliphatic heterocycles. The topological polar surface area (TPSA) is 84.7 Å². The van der Waals surface area contributed by atoms with Crippen LogP contribution in [0.5, 0.6) is 0 Å². The highest BCUT2D eigenvalue weighted by Crippen LogP contribution is 2.36. The van der Waals surface area contributed by atoms with Crippen LogP contribution in [0.15, 0.2) is 12.4 Å². The van der Waals surface area contributed by atoms with E-state index in [1.807, 2.05) is 13.2 Å². The van der Waals surface area contributed by atoms with Gasteiger partial charge in [-0.1, -0.05) is 0 Å². The molecule has 7 nitrogen and oxygen atoms in total. The van der Waals surface area contributed by atoms with E-state index >= 15 is 0 Å². The molecule has 128 valence electrons.